The number of pyridine rings is 1. The van der Waals surface area contributed by atoms with Crippen LogP contribution in [0.2, 0.25) is 5.02 Å². The number of esters is 1. The van der Waals surface area contributed by atoms with Crippen molar-refractivity contribution < 1.29 is 19.0 Å². The molecule has 0 amide bonds. The van der Waals surface area contributed by atoms with E-state index in [4.69, 9.17) is 30.8 Å². The first-order valence-corrected chi connectivity index (χ1v) is 17.0. The highest BCUT2D eigenvalue weighted by Crippen LogP contribution is 2.47. The summed E-state index contributed by atoms with van der Waals surface area (Å²) >= 11 is 8.12. The van der Waals surface area contributed by atoms with Gasteiger partial charge in [0.2, 0.25) is 0 Å². The molecule has 0 saturated carbocycles. The van der Waals surface area contributed by atoms with Crippen LogP contribution in [0.4, 0.5) is 0 Å². The van der Waals surface area contributed by atoms with Crippen molar-refractivity contribution >= 4 is 40.2 Å². The molecule has 6 nitrogen and oxygen atoms in total. The van der Waals surface area contributed by atoms with Crippen LogP contribution in [-0.2, 0) is 40.3 Å². The Hall–Kier alpha value is -3.78. The van der Waals surface area contributed by atoms with Crippen molar-refractivity contribution in [1.29, 1.82) is 0 Å². The van der Waals surface area contributed by atoms with Crippen molar-refractivity contribution in [2.75, 3.05) is 13.2 Å². The van der Waals surface area contributed by atoms with Gasteiger partial charge in [0.1, 0.15) is 12.4 Å². The lowest BCUT2D eigenvalue weighted by atomic mass is 10.0. The summed E-state index contributed by atoms with van der Waals surface area (Å²) in [7, 11) is 0. The molecule has 8 heteroatoms. The number of aromatic nitrogens is 2. The van der Waals surface area contributed by atoms with Gasteiger partial charge in [-0.1, -0.05) is 67.1 Å². The maximum atomic E-state index is 12.5. The van der Waals surface area contributed by atoms with Crippen molar-refractivity contribution in [3.63, 3.8) is 0 Å². The van der Waals surface area contributed by atoms with Gasteiger partial charge in [0.15, 0.2) is 5.60 Å². The van der Waals surface area contributed by atoms with Crippen LogP contribution in [0.1, 0.15) is 50.2 Å². The summed E-state index contributed by atoms with van der Waals surface area (Å²) in [5, 5.41) is 2.32. The Morgan fingerprint density at radius 2 is 1.80 bits per heavy atom. The molecule has 1 aliphatic rings. The van der Waals surface area contributed by atoms with E-state index in [0.29, 0.717) is 43.1 Å². The van der Waals surface area contributed by atoms with E-state index in [-0.39, 0.29) is 5.97 Å². The zero-order valence-electron chi connectivity index (χ0n) is 26.7. The van der Waals surface area contributed by atoms with Gasteiger partial charge in [-0.15, -0.1) is 11.8 Å². The van der Waals surface area contributed by atoms with Crippen molar-refractivity contribution in [1.82, 2.24) is 9.55 Å². The Balaban J connectivity index is 1.31. The second kappa shape index (κ2) is 13.9. The van der Waals surface area contributed by atoms with Gasteiger partial charge in [0, 0.05) is 56.5 Å². The van der Waals surface area contributed by atoms with Crippen LogP contribution < -0.4 is 4.74 Å². The normalized spacial score (nSPS) is 14.4. The summed E-state index contributed by atoms with van der Waals surface area (Å²) in [6.45, 7) is 9.38. The highest BCUT2D eigenvalue weighted by molar-refractivity contribution is 8.00. The quantitative estimate of drug-likeness (QED) is 0.125. The van der Waals surface area contributed by atoms with Crippen LogP contribution in [0.25, 0.3) is 22.0 Å². The number of rotatable bonds is 12. The number of hydrogen-bond donors (Lipinski definition) is 0. The Bertz CT molecular complexity index is 1820. The second-order valence-electron chi connectivity index (χ2n) is 12.1. The monoisotopic (exact) mass is 654 g/mol. The lowest BCUT2D eigenvalue weighted by Gasteiger charge is -2.24. The first-order valence-electron chi connectivity index (χ1n) is 15.8. The van der Waals surface area contributed by atoms with E-state index in [2.05, 4.69) is 54.0 Å². The molecule has 3 heterocycles. The fourth-order valence-corrected chi connectivity index (χ4v) is 7.41. The molecule has 0 N–H and O–H groups in total. The third-order valence-corrected chi connectivity index (χ3v) is 9.79. The molecule has 3 aromatic carbocycles. The lowest BCUT2D eigenvalue weighted by molar-refractivity contribution is -0.167. The summed E-state index contributed by atoms with van der Waals surface area (Å²) in [5.74, 6) is 0.541. The number of benzene rings is 3. The molecule has 6 rings (SSSR count). The summed E-state index contributed by atoms with van der Waals surface area (Å²) in [6, 6.07) is 26.7. The van der Waals surface area contributed by atoms with Crippen LogP contribution in [0, 0.1) is 0 Å². The average Bonchev–Trinajstić information content (AvgIpc) is 3.34. The molecule has 0 aliphatic carbocycles. The number of halogens is 1. The summed E-state index contributed by atoms with van der Waals surface area (Å²) in [6.07, 6.45) is 3.46. The van der Waals surface area contributed by atoms with Gasteiger partial charge in [0.05, 0.1) is 24.4 Å². The molecule has 1 aliphatic heterocycles. The van der Waals surface area contributed by atoms with Crippen molar-refractivity contribution in [2.45, 2.75) is 69.4 Å². The molecule has 238 valence electrons. The van der Waals surface area contributed by atoms with Crippen LogP contribution in [0.3, 0.4) is 0 Å². The molecular formula is C38H39ClN2O4S. The number of ether oxygens (including phenoxy) is 3. The lowest BCUT2D eigenvalue weighted by Crippen LogP contribution is -2.37. The van der Waals surface area contributed by atoms with Crippen molar-refractivity contribution in [3.05, 3.63) is 113 Å². The van der Waals surface area contributed by atoms with Crippen LogP contribution in [0.15, 0.2) is 90.0 Å². The van der Waals surface area contributed by atoms with E-state index < -0.39 is 5.60 Å². The van der Waals surface area contributed by atoms with E-state index in [9.17, 15) is 4.79 Å². The maximum Gasteiger partial charge on any atom is 0.337 e. The van der Waals surface area contributed by atoms with Crippen molar-refractivity contribution in [2.24, 2.45) is 0 Å². The molecule has 0 radical (unpaired) electrons. The van der Waals surface area contributed by atoms with Crippen LogP contribution in [-0.4, -0.2) is 39.6 Å². The molecule has 0 fully saturated rings. The first kappa shape index (κ1) is 32.2. The van der Waals surface area contributed by atoms with E-state index in [1.54, 1.807) is 20.8 Å². The molecule has 0 bridgehead atoms. The minimum absolute atomic E-state index is 0.321. The fraction of sp³-hybridized carbons (Fsp3) is 0.316. The maximum absolute atomic E-state index is 12.5. The second-order valence-corrected chi connectivity index (χ2v) is 14.0. The SMILES string of the molecule is CCOC(=O)C(C)(C)OCCc1c2c3c(c(OCc4ccc(-c5ccccc5)cn4)ccc3n1Cc1ccc(Cl)cc1)CC(C)S2. The largest absolute Gasteiger partial charge is 0.487 e. The third kappa shape index (κ3) is 6.97. The predicted octanol–water partition coefficient (Wildman–Crippen LogP) is 8.92. The highest BCUT2D eigenvalue weighted by atomic mass is 35.5. The number of hydrogen-bond acceptors (Lipinski definition) is 6. The van der Waals surface area contributed by atoms with Gasteiger partial charge in [0.25, 0.3) is 0 Å². The third-order valence-electron chi connectivity index (χ3n) is 8.29. The average molecular weight is 655 g/mol. The zero-order valence-corrected chi connectivity index (χ0v) is 28.3. The number of carbonyl (C=O) groups excluding carboxylic acids is 1. The smallest absolute Gasteiger partial charge is 0.337 e. The van der Waals surface area contributed by atoms with Gasteiger partial charge in [-0.05, 0) is 68.7 Å². The Kier molecular flexibility index (Phi) is 9.73. The van der Waals surface area contributed by atoms with Crippen molar-refractivity contribution in [3.8, 4) is 16.9 Å². The van der Waals surface area contributed by atoms with E-state index in [1.165, 1.54) is 21.5 Å². The molecule has 0 spiro atoms. The minimum atomic E-state index is -1.03. The number of thioether (sulfide) groups is 1. The standard InChI is InChI=1S/C38H39ClN2O4S/c1-5-43-37(42)38(3,4)45-20-19-33-36-35-31(21-25(2)46-36)34(18-17-32(35)41(33)23-26-11-14-29(39)15-12-26)44-24-30-16-13-28(22-40-30)27-9-7-6-8-10-27/h6-18,22,25H,5,19-21,23-24H2,1-4H3. The molecular weight excluding hydrogens is 616 g/mol. The zero-order chi connectivity index (χ0) is 32.3. The minimum Gasteiger partial charge on any atom is -0.487 e. The van der Waals surface area contributed by atoms with Crippen LogP contribution >= 0.6 is 23.4 Å². The summed E-state index contributed by atoms with van der Waals surface area (Å²) in [4.78, 5) is 18.5. The highest BCUT2D eigenvalue weighted by Gasteiger charge is 2.32. The number of carbonyl (C=O) groups is 1. The summed E-state index contributed by atoms with van der Waals surface area (Å²) in [5.41, 5.74) is 6.82. The Morgan fingerprint density at radius 3 is 2.52 bits per heavy atom. The molecule has 1 unspecified atom stereocenters. The molecule has 5 aromatic rings. The Labute approximate surface area is 280 Å². The molecule has 46 heavy (non-hydrogen) atoms. The number of nitrogens with zero attached hydrogens (tertiary/aromatic N) is 2. The predicted molar refractivity (Wildman–Crippen MR) is 186 cm³/mol. The van der Waals surface area contributed by atoms with Gasteiger partial charge < -0.3 is 18.8 Å². The van der Waals surface area contributed by atoms with Gasteiger partial charge in [-0.25, -0.2) is 4.79 Å². The molecule has 0 saturated heterocycles. The van der Waals surface area contributed by atoms with Gasteiger partial charge in [-0.2, -0.15) is 0 Å². The fourth-order valence-electron chi connectivity index (χ4n) is 5.93. The topological polar surface area (TPSA) is 62.6 Å². The van der Waals surface area contributed by atoms with Gasteiger partial charge >= 0.3 is 5.97 Å². The Morgan fingerprint density at radius 1 is 1.02 bits per heavy atom. The molecule has 1 atom stereocenters. The van der Waals surface area contributed by atoms with E-state index >= 15 is 0 Å². The first-order chi connectivity index (χ1) is 22.2. The van der Waals surface area contributed by atoms with Crippen LogP contribution in [0.5, 0.6) is 5.75 Å². The molecule has 2 aromatic heterocycles. The summed E-state index contributed by atoms with van der Waals surface area (Å²) < 4.78 is 20.3. The van der Waals surface area contributed by atoms with E-state index in [1.807, 2.05) is 54.4 Å². The van der Waals surface area contributed by atoms with Gasteiger partial charge in [-0.3, -0.25) is 4.98 Å². The van der Waals surface area contributed by atoms with E-state index in [0.717, 1.165) is 40.1 Å².